The third-order valence-electron chi connectivity index (χ3n) is 2.81. The van der Waals surface area contributed by atoms with Crippen LogP contribution in [0.4, 0.5) is 5.69 Å². The molecule has 0 spiro atoms. The summed E-state index contributed by atoms with van der Waals surface area (Å²) in [5, 5.41) is 3.39. The van der Waals surface area contributed by atoms with Crippen LogP contribution in [0.5, 0.6) is 0 Å². The van der Waals surface area contributed by atoms with Gasteiger partial charge in [-0.05, 0) is 43.7 Å². The average Bonchev–Trinajstić information content (AvgIpc) is 2.93. The Labute approximate surface area is 107 Å². The van der Waals surface area contributed by atoms with Gasteiger partial charge in [-0.15, -0.1) is 0 Å². The number of aromatic nitrogens is 1. The van der Waals surface area contributed by atoms with Crippen LogP contribution in [0.1, 0.15) is 19.3 Å². The highest BCUT2D eigenvalue weighted by Crippen LogP contribution is 2.20. The summed E-state index contributed by atoms with van der Waals surface area (Å²) < 4.78 is 5.24. The number of nitrogens with zero attached hydrogens (tertiary/aromatic N) is 1. The zero-order valence-corrected chi connectivity index (χ0v) is 10.4. The lowest BCUT2D eigenvalue weighted by molar-refractivity contribution is 0.572. The first-order valence-electron chi connectivity index (χ1n) is 6.33. The second-order valence-electron chi connectivity index (χ2n) is 4.22. The number of benzene rings is 1. The maximum absolute atomic E-state index is 5.45. The van der Waals surface area contributed by atoms with Crippen molar-refractivity contribution in [2.75, 3.05) is 18.4 Å². The molecule has 1 aromatic heterocycles. The predicted molar refractivity (Wildman–Crippen MR) is 73.3 cm³/mol. The molecule has 4 heteroatoms. The summed E-state index contributed by atoms with van der Waals surface area (Å²) in [7, 11) is 0. The van der Waals surface area contributed by atoms with Gasteiger partial charge in [-0.25, -0.2) is 4.98 Å². The Morgan fingerprint density at radius 1 is 1.11 bits per heavy atom. The molecule has 0 aliphatic heterocycles. The van der Waals surface area contributed by atoms with Gasteiger partial charge in [0.2, 0.25) is 0 Å². The van der Waals surface area contributed by atoms with Crippen molar-refractivity contribution in [3.05, 3.63) is 36.9 Å². The van der Waals surface area contributed by atoms with E-state index in [1.165, 1.54) is 12.8 Å². The molecular formula is C14H19N3O. The fourth-order valence-electron chi connectivity index (χ4n) is 1.79. The van der Waals surface area contributed by atoms with Gasteiger partial charge >= 0.3 is 0 Å². The molecule has 0 radical (unpaired) electrons. The smallest absolute Gasteiger partial charge is 0.181 e. The number of anilines is 1. The Hall–Kier alpha value is -1.81. The maximum atomic E-state index is 5.45. The van der Waals surface area contributed by atoms with Gasteiger partial charge in [0.05, 0.1) is 6.20 Å². The highest BCUT2D eigenvalue weighted by molar-refractivity contribution is 5.60. The van der Waals surface area contributed by atoms with Crippen LogP contribution >= 0.6 is 0 Å². The second-order valence-corrected chi connectivity index (χ2v) is 4.22. The average molecular weight is 245 g/mol. The van der Waals surface area contributed by atoms with Gasteiger partial charge in [0.1, 0.15) is 0 Å². The van der Waals surface area contributed by atoms with Gasteiger partial charge in [-0.3, -0.25) is 0 Å². The van der Waals surface area contributed by atoms with E-state index in [-0.39, 0.29) is 0 Å². The lowest BCUT2D eigenvalue weighted by Crippen LogP contribution is -2.03. The van der Waals surface area contributed by atoms with Crippen molar-refractivity contribution >= 4 is 5.69 Å². The molecule has 3 N–H and O–H groups in total. The molecule has 1 heterocycles. The molecule has 0 bridgehead atoms. The Balaban J connectivity index is 1.81. The Morgan fingerprint density at radius 3 is 2.61 bits per heavy atom. The van der Waals surface area contributed by atoms with E-state index in [1.807, 2.05) is 12.1 Å². The van der Waals surface area contributed by atoms with E-state index in [4.69, 9.17) is 10.2 Å². The van der Waals surface area contributed by atoms with Crippen molar-refractivity contribution in [1.82, 2.24) is 4.98 Å². The fourth-order valence-corrected chi connectivity index (χ4v) is 1.79. The quantitative estimate of drug-likeness (QED) is 0.736. The molecule has 2 rings (SSSR count). The highest BCUT2D eigenvalue weighted by Gasteiger charge is 2.00. The molecule has 2 aromatic rings. The molecule has 0 fully saturated rings. The van der Waals surface area contributed by atoms with E-state index in [1.54, 1.807) is 6.20 Å². The molecule has 0 aliphatic rings. The van der Waals surface area contributed by atoms with Crippen LogP contribution in [-0.4, -0.2) is 18.1 Å². The molecule has 0 atom stereocenters. The third-order valence-corrected chi connectivity index (χ3v) is 2.81. The Kier molecular flexibility index (Phi) is 4.78. The Bertz CT molecular complexity index is 437. The van der Waals surface area contributed by atoms with Gasteiger partial charge in [0, 0.05) is 17.8 Å². The van der Waals surface area contributed by atoms with Crippen LogP contribution in [-0.2, 0) is 0 Å². The summed E-state index contributed by atoms with van der Waals surface area (Å²) in [6.45, 7) is 1.77. The van der Waals surface area contributed by atoms with E-state index in [2.05, 4.69) is 22.4 Å². The van der Waals surface area contributed by atoms with Crippen LogP contribution in [0.15, 0.2) is 41.3 Å². The minimum absolute atomic E-state index is 0.784. The van der Waals surface area contributed by atoms with Gasteiger partial charge in [0.25, 0.3) is 0 Å². The van der Waals surface area contributed by atoms with Crippen LogP contribution in [0.25, 0.3) is 11.3 Å². The van der Waals surface area contributed by atoms with Gasteiger partial charge in [-0.1, -0.05) is 6.42 Å². The molecule has 0 unspecified atom stereocenters. The summed E-state index contributed by atoms with van der Waals surface area (Å²) in [6.07, 6.45) is 6.60. The van der Waals surface area contributed by atoms with Crippen molar-refractivity contribution in [2.45, 2.75) is 19.3 Å². The third kappa shape index (κ3) is 3.60. The number of rotatable bonds is 7. The maximum Gasteiger partial charge on any atom is 0.181 e. The molecular weight excluding hydrogens is 226 g/mol. The molecule has 1 aromatic carbocycles. The number of unbranched alkanes of at least 4 members (excludes halogenated alkanes) is 2. The first-order valence-corrected chi connectivity index (χ1v) is 6.33. The Morgan fingerprint density at radius 2 is 1.94 bits per heavy atom. The number of nitrogens with one attached hydrogen (secondary N) is 1. The number of oxazole rings is 1. The van der Waals surface area contributed by atoms with Crippen molar-refractivity contribution in [3.63, 3.8) is 0 Å². The molecule has 0 aliphatic carbocycles. The van der Waals surface area contributed by atoms with Crippen molar-refractivity contribution in [1.29, 1.82) is 0 Å². The molecule has 0 saturated heterocycles. The van der Waals surface area contributed by atoms with Gasteiger partial charge < -0.3 is 15.5 Å². The van der Waals surface area contributed by atoms with Crippen molar-refractivity contribution in [3.8, 4) is 11.3 Å². The standard InChI is InChI=1S/C14H19N3O/c15-8-2-1-3-9-17-13-6-4-12(5-7-13)14-10-16-11-18-14/h4-7,10-11,17H,1-3,8-9,15H2. The van der Waals surface area contributed by atoms with Gasteiger partial charge in [0.15, 0.2) is 12.2 Å². The fraction of sp³-hybridized carbons (Fsp3) is 0.357. The lowest BCUT2D eigenvalue weighted by Gasteiger charge is -2.06. The molecule has 96 valence electrons. The van der Waals surface area contributed by atoms with Crippen LogP contribution in [0, 0.1) is 0 Å². The van der Waals surface area contributed by atoms with Crippen molar-refractivity contribution in [2.24, 2.45) is 5.73 Å². The van der Waals surface area contributed by atoms with E-state index in [9.17, 15) is 0 Å². The molecule has 0 saturated carbocycles. The zero-order chi connectivity index (χ0) is 12.6. The molecule has 0 amide bonds. The number of hydrogen-bond donors (Lipinski definition) is 2. The summed E-state index contributed by atoms with van der Waals surface area (Å²) in [6, 6.07) is 8.17. The summed E-state index contributed by atoms with van der Waals surface area (Å²) in [4.78, 5) is 3.91. The number of nitrogens with two attached hydrogens (primary N) is 1. The topological polar surface area (TPSA) is 64.1 Å². The van der Waals surface area contributed by atoms with E-state index < -0.39 is 0 Å². The summed E-state index contributed by atoms with van der Waals surface area (Å²) in [5.41, 5.74) is 7.62. The largest absolute Gasteiger partial charge is 0.444 e. The monoisotopic (exact) mass is 245 g/mol. The van der Waals surface area contributed by atoms with Gasteiger partial charge in [-0.2, -0.15) is 0 Å². The van der Waals surface area contributed by atoms with Crippen LogP contribution in [0.3, 0.4) is 0 Å². The van der Waals surface area contributed by atoms with E-state index in [0.29, 0.717) is 0 Å². The van der Waals surface area contributed by atoms with Crippen LogP contribution in [0.2, 0.25) is 0 Å². The first kappa shape index (κ1) is 12.6. The SMILES string of the molecule is NCCCCCNc1ccc(-c2cnco2)cc1. The first-order chi connectivity index (χ1) is 8.90. The predicted octanol–water partition coefficient (Wildman–Crippen LogP) is 2.88. The molecule has 18 heavy (non-hydrogen) atoms. The van der Waals surface area contributed by atoms with E-state index >= 15 is 0 Å². The summed E-state index contributed by atoms with van der Waals surface area (Å²) in [5.74, 6) is 0.796. The van der Waals surface area contributed by atoms with Crippen LogP contribution < -0.4 is 11.1 Å². The normalized spacial score (nSPS) is 10.5. The minimum Gasteiger partial charge on any atom is -0.444 e. The minimum atomic E-state index is 0.784. The zero-order valence-electron chi connectivity index (χ0n) is 10.4. The molecule has 4 nitrogen and oxygen atoms in total. The number of hydrogen-bond acceptors (Lipinski definition) is 4. The van der Waals surface area contributed by atoms with E-state index in [0.717, 1.165) is 42.9 Å². The second kappa shape index (κ2) is 6.81. The lowest BCUT2D eigenvalue weighted by atomic mass is 10.1. The summed E-state index contributed by atoms with van der Waals surface area (Å²) >= 11 is 0. The van der Waals surface area contributed by atoms with Crippen molar-refractivity contribution < 1.29 is 4.42 Å². The highest BCUT2D eigenvalue weighted by atomic mass is 16.3.